The van der Waals surface area contributed by atoms with E-state index in [0.29, 0.717) is 5.75 Å². The van der Waals surface area contributed by atoms with Gasteiger partial charge >= 0.3 is 5.97 Å². The number of aromatic carboxylic acids is 1. The van der Waals surface area contributed by atoms with Crippen molar-refractivity contribution in [2.24, 2.45) is 0 Å². The van der Waals surface area contributed by atoms with E-state index in [1.807, 2.05) is 26.0 Å². The van der Waals surface area contributed by atoms with Crippen molar-refractivity contribution < 1.29 is 14.6 Å². The predicted molar refractivity (Wildman–Crippen MR) is 79.9 cm³/mol. The van der Waals surface area contributed by atoms with Gasteiger partial charge in [0.1, 0.15) is 10.8 Å². The Morgan fingerprint density at radius 1 is 1.30 bits per heavy atom. The van der Waals surface area contributed by atoms with Crippen LogP contribution in [0.15, 0.2) is 28.9 Å². The second-order valence-electron chi connectivity index (χ2n) is 4.29. The van der Waals surface area contributed by atoms with Crippen molar-refractivity contribution in [3.8, 4) is 11.6 Å². The number of rotatable bonds is 3. The fourth-order valence-electron chi connectivity index (χ4n) is 1.69. The van der Waals surface area contributed by atoms with Crippen LogP contribution in [0.2, 0.25) is 5.02 Å². The molecule has 1 heterocycles. The number of ether oxygens (including phenoxy) is 1. The molecule has 1 aromatic carbocycles. The predicted octanol–water partition coefficient (Wildman–Crippen LogP) is 4.60. The number of hydrogen-bond acceptors (Lipinski definition) is 3. The zero-order valence-electron chi connectivity index (χ0n) is 10.8. The summed E-state index contributed by atoms with van der Waals surface area (Å²) in [5.74, 6) is -0.306. The maximum Gasteiger partial charge on any atom is 0.337 e. The summed E-state index contributed by atoms with van der Waals surface area (Å²) < 4.78 is 6.62. The molecule has 0 saturated carbocycles. The number of carbonyl (C=O) groups is 1. The minimum absolute atomic E-state index is 0.0190. The van der Waals surface area contributed by atoms with E-state index in [1.54, 1.807) is 0 Å². The van der Waals surface area contributed by atoms with Crippen LogP contribution < -0.4 is 4.74 Å². The highest BCUT2D eigenvalue weighted by molar-refractivity contribution is 9.10. The molecule has 2 aromatic rings. The molecule has 6 heteroatoms. The van der Waals surface area contributed by atoms with Gasteiger partial charge in [-0.2, -0.15) is 0 Å². The number of nitrogens with zero attached hydrogens (tertiary/aromatic N) is 1. The summed E-state index contributed by atoms with van der Waals surface area (Å²) in [7, 11) is 0. The van der Waals surface area contributed by atoms with Crippen molar-refractivity contribution in [2.75, 3.05) is 0 Å². The van der Waals surface area contributed by atoms with E-state index in [4.69, 9.17) is 21.4 Å². The summed E-state index contributed by atoms with van der Waals surface area (Å²) in [6, 6.07) is 5.01. The molecular weight excluding hydrogens is 346 g/mol. The van der Waals surface area contributed by atoms with E-state index in [9.17, 15) is 4.79 Å². The maximum atomic E-state index is 10.8. The van der Waals surface area contributed by atoms with Gasteiger partial charge in [0, 0.05) is 10.7 Å². The lowest BCUT2D eigenvalue weighted by atomic mass is 10.1. The van der Waals surface area contributed by atoms with Crippen LogP contribution in [0.5, 0.6) is 11.6 Å². The third-order valence-corrected chi connectivity index (χ3v) is 4.20. The van der Waals surface area contributed by atoms with Gasteiger partial charge in [-0.25, -0.2) is 9.78 Å². The highest BCUT2D eigenvalue weighted by Crippen LogP contribution is 2.31. The van der Waals surface area contributed by atoms with Crippen LogP contribution in [0, 0.1) is 13.8 Å². The van der Waals surface area contributed by atoms with Gasteiger partial charge in [-0.05, 0) is 43.2 Å². The zero-order valence-corrected chi connectivity index (χ0v) is 13.1. The summed E-state index contributed by atoms with van der Waals surface area (Å²) in [6.45, 7) is 3.90. The Kier molecular flexibility index (Phi) is 4.30. The molecule has 0 bridgehead atoms. The lowest BCUT2D eigenvalue weighted by Gasteiger charge is -2.10. The Balaban J connectivity index is 2.33. The van der Waals surface area contributed by atoms with Crippen molar-refractivity contribution in [2.45, 2.75) is 13.8 Å². The second-order valence-corrected chi connectivity index (χ2v) is 5.49. The highest BCUT2D eigenvalue weighted by atomic mass is 79.9. The molecule has 0 aliphatic heterocycles. The second kappa shape index (κ2) is 5.81. The maximum absolute atomic E-state index is 10.8. The quantitative estimate of drug-likeness (QED) is 0.873. The highest BCUT2D eigenvalue weighted by Gasteiger charge is 2.11. The molecule has 1 N–H and O–H groups in total. The fraction of sp³-hybridized carbons (Fsp3) is 0.143. The fourth-order valence-corrected chi connectivity index (χ4v) is 2.13. The van der Waals surface area contributed by atoms with Gasteiger partial charge < -0.3 is 9.84 Å². The topological polar surface area (TPSA) is 59.4 Å². The smallest absolute Gasteiger partial charge is 0.337 e. The van der Waals surface area contributed by atoms with Crippen LogP contribution in [-0.2, 0) is 0 Å². The zero-order chi connectivity index (χ0) is 14.9. The molecule has 0 amide bonds. The molecule has 104 valence electrons. The Morgan fingerprint density at radius 2 is 1.90 bits per heavy atom. The first kappa shape index (κ1) is 14.8. The van der Waals surface area contributed by atoms with Crippen LogP contribution in [0.25, 0.3) is 0 Å². The lowest BCUT2D eigenvalue weighted by Crippen LogP contribution is -1.98. The molecule has 0 aliphatic rings. The van der Waals surface area contributed by atoms with Crippen molar-refractivity contribution in [1.29, 1.82) is 0 Å². The first-order valence-electron chi connectivity index (χ1n) is 5.72. The van der Waals surface area contributed by atoms with Crippen LogP contribution >= 0.6 is 27.5 Å². The van der Waals surface area contributed by atoms with Gasteiger partial charge in [-0.15, -0.1) is 0 Å². The summed E-state index contributed by atoms with van der Waals surface area (Å²) in [6.07, 6.45) is 1.21. The Bertz CT molecular complexity index is 665. The molecule has 20 heavy (non-hydrogen) atoms. The average molecular weight is 357 g/mol. The van der Waals surface area contributed by atoms with Crippen LogP contribution in [0.3, 0.4) is 0 Å². The van der Waals surface area contributed by atoms with Crippen LogP contribution in [0.1, 0.15) is 21.5 Å². The molecular formula is C14H11BrClNO3. The number of benzene rings is 1. The monoisotopic (exact) mass is 355 g/mol. The Hall–Kier alpha value is -1.59. The van der Waals surface area contributed by atoms with Gasteiger partial charge in [0.15, 0.2) is 0 Å². The minimum Gasteiger partial charge on any atom is -0.478 e. The molecule has 0 radical (unpaired) electrons. The Labute approximate surface area is 129 Å². The summed E-state index contributed by atoms with van der Waals surface area (Å²) in [4.78, 5) is 14.7. The van der Waals surface area contributed by atoms with Crippen LogP contribution in [-0.4, -0.2) is 16.1 Å². The minimum atomic E-state index is -1.08. The van der Waals surface area contributed by atoms with Crippen molar-refractivity contribution in [3.63, 3.8) is 0 Å². The number of aryl methyl sites for hydroxylation is 2. The third kappa shape index (κ3) is 3.11. The van der Waals surface area contributed by atoms with Gasteiger partial charge in [0.2, 0.25) is 5.88 Å². The molecule has 0 aliphatic carbocycles. The molecule has 2 rings (SSSR count). The SMILES string of the molecule is Cc1cc(Oc2ncc(C(=O)O)cc2Cl)cc(C)c1Br. The molecule has 0 saturated heterocycles. The molecule has 1 aromatic heterocycles. The van der Waals surface area contributed by atoms with Crippen molar-refractivity contribution >= 4 is 33.5 Å². The van der Waals surface area contributed by atoms with E-state index in [2.05, 4.69) is 20.9 Å². The number of hydrogen-bond donors (Lipinski definition) is 1. The van der Waals surface area contributed by atoms with Crippen molar-refractivity contribution in [3.05, 3.63) is 50.6 Å². The normalized spacial score (nSPS) is 10.4. The molecule has 0 atom stereocenters. The van der Waals surface area contributed by atoms with E-state index in [-0.39, 0.29) is 16.5 Å². The van der Waals surface area contributed by atoms with Gasteiger partial charge in [-0.3, -0.25) is 0 Å². The standard InChI is InChI=1S/C14H11BrClNO3/c1-7-3-10(4-8(2)12(7)15)20-13-11(16)5-9(6-17-13)14(18)19/h3-6H,1-2H3,(H,18,19). The van der Waals surface area contributed by atoms with Gasteiger partial charge in [0.25, 0.3) is 0 Å². The Morgan fingerprint density at radius 3 is 2.40 bits per heavy atom. The van der Waals surface area contributed by atoms with Crippen LogP contribution in [0.4, 0.5) is 0 Å². The van der Waals surface area contributed by atoms with Gasteiger partial charge in [0.05, 0.1) is 5.56 Å². The molecule has 0 spiro atoms. The molecule has 0 unspecified atom stereocenters. The number of aromatic nitrogens is 1. The summed E-state index contributed by atoms with van der Waals surface area (Å²) in [5.41, 5.74) is 2.07. The first-order valence-corrected chi connectivity index (χ1v) is 6.89. The number of carboxylic acids is 1. The lowest BCUT2D eigenvalue weighted by molar-refractivity contribution is 0.0696. The number of halogens is 2. The average Bonchev–Trinajstić information content (AvgIpc) is 2.38. The number of carboxylic acid groups (broad SMARTS) is 1. The molecule has 4 nitrogen and oxygen atoms in total. The van der Waals surface area contributed by atoms with Gasteiger partial charge in [-0.1, -0.05) is 27.5 Å². The summed E-state index contributed by atoms with van der Waals surface area (Å²) in [5, 5.41) is 9.00. The largest absolute Gasteiger partial charge is 0.478 e. The first-order chi connectivity index (χ1) is 9.38. The van der Waals surface area contributed by atoms with E-state index in [1.165, 1.54) is 12.3 Å². The third-order valence-electron chi connectivity index (χ3n) is 2.68. The van der Waals surface area contributed by atoms with E-state index in [0.717, 1.165) is 15.6 Å². The number of pyridine rings is 1. The van der Waals surface area contributed by atoms with E-state index >= 15 is 0 Å². The van der Waals surface area contributed by atoms with E-state index < -0.39 is 5.97 Å². The summed E-state index contributed by atoms with van der Waals surface area (Å²) >= 11 is 9.45. The molecule has 0 fully saturated rings. The van der Waals surface area contributed by atoms with Crippen molar-refractivity contribution in [1.82, 2.24) is 4.98 Å².